The van der Waals surface area contributed by atoms with Crippen LogP contribution in [0.25, 0.3) is 0 Å². The van der Waals surface area contributed by atoms with Crippen molar-refractivity contribution in [2.24, 2.45) is 5.92 Å². The van der Waals surface area contributed by atoms with Crippen LogP contribution in [-0.2, 0) is 16.0 Å². The highest BCUT2D eigenvalue weighted by Crippen LogP contribution is 2.33. The Kier molecular flexibility index (Phi) is 6.27. The fourth-order valence-electron chi connectivity index (χ4n) is 4.13. The maximum atomic E-state index is 13.3. The number of aromatic nitrogens is 1. The van der Waals surface area contributed by atoms with E-state index >= 15 is 0 Å². The Labute approximate surface area is 188 Å². The summed E-state index contributed by atoms with van der Waals surface area (Å²) < 4.78 is 0.776. The molecular formula is C23H23N4O4S+. The van der Waals surface area contributed by atoms with Crippen molar-refractivity contribution in [3.63, 3.8) is 0 Å². The molecule has 1 amide bonds. The van der Waals surface area contributed by atoms with Gasteiger partial charge in [-0.2, -0.15) is 0 Å². The van der Waals surface area contributed by atoms with Gasteiger partial charge in [-0.05, 0) is 12.8 Å². The van der Waals surface area contributed by atoms with Gasteiger partial charge in [0.05, 0.1) is 5.92 Å². The first-order valence-corrected chi connectivity index (χ1v) is 11.0. The molecule has 1 aliphatic rings. The zero-order valence-corrected chi connectivity index (χ0v) is 18.0. The molecule has 1 aromatic heterocycles. The SMILES string of the molecule is Nc1ncc(CCC2C(=O)N(C[N+](=O)C(c3ccccc3)c3ccccc3)C2C(=O)O)s1. The van der Waals surface area contributed by atoms with E-state index in [1.165, 1.54) is 11.3 Å². The lowest BCUT2D eigenvalue weighted by Crippen LogP contribution is -2.65. The standard InChI is InChI=1S/C23H22N4O4S/c24-23-25-13-17(32-23)11-12-18-20(22(29)30)26(21(18)28)14-27(31)19(15-7-3-1-4-8-15)16-9-5-2-6-10-16/h1-10,13,18-20H,11-12,14H2,(H2-,24,25,29,30)/p+1. The molecule has 1 fully saturated rings. The van der Waals surface area contributed by atoms with Crippen LogP contribution in [0.3, 0.4) is 0 Å². The van der Waals surface area contributed by atoms with E-state index in [0.29, 0.717) is 18.0 Å². The lowest BCUT2D eigenvalue weighted by atomic mass is 9.84. The summed E-state index contributed by atoms with van der Waals surface area (Å²) in [5, 5.41) is 10.2. The van der Waals surface area contributed by atoms with E-state index in [0.717, 1.165) is 25.7 Å². The monoisotopic (exact) mass is 451 g/mol. The largest absolute Gasteiger partial charge is 0.480 e. The number of nitrogens with two attached hydrogens (primary N) is 1. The van der Waals surface area contributed by atoms with Crippen molar-refractivity contribution in [2.75, 3.05) is 12.4 Å². The number of likely N-dealkylation sites (tertiary alicyclic amines) is 1. The number of nitroso groups, excluding NO2 is 1. The number of hydrogen-bond donors (Lipinski definition) is 2. The van der Waals surface area contributed by atoms with Crippen LogP contribution in [0.2, 0.25) is 0 Å². The van der Waals surface area contributed by atoms with E-state index in [9.17, 15) is 19.6 Å². The molecule has 0 bridgehead atoms. The number of rotatable bonds is 9. The number of carbonyl (C=O) groups is 2. The summed E-state index contributed by atoms with van der Waals surface area (Å²) >= 11 is 1.32. The van der Waals surface area contributed by atoms with Gasteiger partial charge in [-0.1, -0.05) is 60.7 Å². The second-order valence-corrected chi connectivity index (χ2v) is 8.83. The Morgan fingerprint density at radius 1 is 1.12 bits per heavy atom. The minimum Gasteiger partial charge on any atom is -0.480 e. The van der Waals surface area contributed by atoms with Gasteiger partial charge < -0.3 is 10.8 Å². The summed E-state index contributed by atoms with van der Waals surface area (Å²) in [4.78, 5) is 44.0. The third kappa shape index (κ3) is 4.38. The summed E-state index contributed by atoms with van der Waals surface area (Å²) in [5.41, 5.74) is 7.18. The minimum absolute atomic E-state index is 0.324. The Morgan fingerprint density at radius 2 is 1.72 bits per heavy atom. The molecule has 2 atom stereocenters. The van der Waals surface area contributed by atoms with E-state index in [-0.39, 0.29) is 12.6 Å². The normalized spacial score (nSPS) is 17.9. The van der Waals surface area contributed by atoms with Gasteiger partial charge in [-0.25, -0.2) is 9.78 Å². The van der Waals surface area contributed by atoms with E-state index in [1.54, 1.807) is 6.20 Å². The number of anilines is 1. The Bertz CT molecular complexity index is 1080. The van der Waals surface area contributed by atoms with Gasteiger partial charge in [0.2, 0.25) is 5.91 Å². The lowest BCUT2D eigenvalue weighted by Gasteiger charge is -2.42. The third-order valence-electron chi connectivity index (χ3n) is 5.65. The molecule has 1 saturated heterocycles. The first-order chi connectivity index (χ1) is 15.5. The molecule has 2 aromatic carbocycles. The lowest BCUT2D eigenvalue weighted by molar-refractivity contribution is -0.601. The van der Waals surface area contributed by atoms with Crippen LogP contribution in [0, 0.1) is 10.8 Å². The van der Waals surface area contributed by atoms with Crippen molar-refractivity contribution in [3.05, 3.63) is 87.8 Å². The number of nitrogen functional groups attached to an aromatic ring is 1. The number of carboxylic acid groups (broad SMARTS) is 1. The van der Waals surface area contributed by atoms with Crippen molar-refractivity contribution < 1.29 is 19.5 Å². The topological polar surface area (TPSA) is 117 Å². The number of aliphatic carboxylic acids is 1. The molecule has 0 saturated carbocycles. The third-order valence-corrected chi connectivity index (χ3v) is 6.54. The van der Waals surface area contributed by atoms with Crippen molar-refractivity contribution in [1.82, 2.24) is 9.88 Å². The summed E-state index contributed by atoms with van der Waals surface area (Å²) in [6.07, 6.45) is 2.52. The Morgan fingerprint density at radius 3 is 2.22 bits per heavy atom. The van der Waals surface area contributed by atoms with Crippen LogP contribution in [0.1, 0.15) is 28.5 Å². The van der Waals surface area contributed by atoms with Crippen LogP contribution in [0.15, 0.2) is 66.9 Å². The number of β-lactam (4-membered cyclic amide) rings is 1. The van der Waals surface area contributed by atoms with E-state index in [4.69, 9.17) is 5.73 Å². The predicted molar refractivity (Wildman–Crippen MR) is 120 cm³/mol. The number of amides is 1. The van der Waals surface area contributed by atoms with Crippen molar-refractivity contribution in [3.8, 4) is 0 Å². The molecular weight excluding hydrogens is 428 g/mol. The number of nitrogens with zero attached hydrogens (tertiary/aromatic N) is 3. The van der Waals surface area contributed by atoms with Crippen molar-refractivity contribution in [2.45, 2.75) is 24.9 Å². The van der Waals surface area contributed by atoms with Gasteiger partial charge in [-0.3, -0.25) is 9.69 Å². The first kappa shape index (κ1) is 21.6. The highest BCUT2D eigenvalue weighted by atomic mass is 32.1. The maximum absolute atomic E-state index is 13.3. The molecule has 0 aliphatic carbocycles. The molecule has 3 N–H and O–H groups in total. The Hall–Kier alpha value is -3.59. The second-order valence-electron chi connectivity index (χ2n) is 7.68. The first-order valence-electron chi connectivity index (χ1n) is 10.2. The molecule has 1 aliphatic heterocycles. The number of carbonyl (C=O) groups excluding carboxylic acids is 1. The fourth-order valence-corrected chi connectivity index (χ4v) is 4.83. The summed E-state index contributed by atoms with van der Waals surface area (Å²) in [6.45, 7) is -0.325. The van der Waals surface area contributed by atoms with Crippen LogP contribution < -0.4 is 5.73 Å². The van der Waals surface area contributed by atoms with Crippen LogP contribution >= 0.6 is 11.3 Å². The van der Waals surface area contributed by atoms with Gasteiger partial charge in [-0.15, -0.1) is 11.3 Å². The van der Waals surface area contributed by atoms with Crippen LogP contribution in [0.4, 0.5) is 5.13 Å². The molecule has 2 unspecified atom stereocenters. The molecule has 0 spiro atoms. The number of thiazole rings is 1. The number of carboxylic acids is 1. The van der Waals surface area contributed by atoms with E-state index in [2.05, 4.69) is 4.98 Å². The summed E-state index contributed by atoms with van der Waals surface area (Å²) in [7, 11) is 0. The number of hydrogen-bond acceptors (Lipinski definition) is 6. The van der Waals surface area contributed by atoms with Crippen LogP contribution in [0.5, 0.6) is 0 Å². The van der Waals surface area contributed by atoms with Crippen molar-refractivity contribution >= 4 is 28.3 Å². The summed E-state index contributed by atoms with van der Waals surface area (Å²) in [6, 6.07) is 16.8. The zero-order valence-electron chi connectivity index (χ0n) is 17.2. The molecule has 32 heavy (non-hydrogen) atoms. The van der Waals surface area contributed by atoms with Gasteiger partial charge in [0.25, 0.3) is 12.7 Å². The van der Waals surface area contributed by atoms with Gasteiger partial charge in [0.15, 0.2) is 5.13 Å². The molecule has 4 rings (SSSR count). The van der Waals surface area contributed by atoms with E-state index < -0.39 is 24.0 Å². The van der Waals surface area contributed by atoms with Crippen molar-refractivity contribution in [1.29, 1.82) is 0 Å². The maximum Gasteiger partial charge on any atom is 0.327 e. The average Bonchev–Trinajstić information content (AvgIpc) is 3.21. The smallest absolute Gasteiger partial charge is 0.327 e. The number of benzene rings is 2. The molecule has 2 heterocycles. The van der Waals surface area contributed by atoms with Crippen LogP contribution in [-0.4, -0.2) is 44.3 Å². The molecule has 3 aromatic rings. The van der Waals surface area contributed by atoms with E-state index in [1.807, 2.05) is 60.7 Å². The van der Waals surface area contributed by atoms with Gasteiger partial charge in [0, 0.05) is 31.9 Å². The highest BCUT2D eigenvalue weighted by Gasteiger charge is 2.54. The molecule has 164 valence electrons. The molecule has 0 radical (unpaired) electrons. The van der Waals surface area contributed by atoms with Gasteiger partial charge >= 0.3 is 5.97 Å². The predicted octanol–water partition coefficient (Wildman–Crippen LogP) is 3.10. The second kappa shape index (κ2) is 9.27. The highest BCUT2D eigenvalue weighted by molar-refractivity contribution is 7.15. The Balaban J connectivity index is 1.50. The quantitative estimate of drug-likeness (QED) is 0.381. The number of aryl methyl sites for hydroxylation is 1. The average molecular weight is 452 g/mol. The van der Waals surface area contributed by atoms with Gasteiger partial charge in [0.1, 0.15) is 6.04 Å². The molecule has 8 nitrogen and oxygen atoms in total. The zero-order chi connectivity index (χ0) is 22.7. The minimum atomic E-state index is -1.11. The molecule has 9 heteroatoms. The summed E-state index contributed by atoms with van der Waals surface area (Å²) in [5.74, 6) is -2.10. The fraction of sp³-hybridized carbons (Fsp3) is 0.261.